The van der Waals surface area contributed by atoms with Gasteiger partial charge in [-0.1, -0.05) is 64.3 Å². The molecule has 2 N–H and O–H groups in total. The van der Waals surface area contributed by atoms with E-state index in [4.69, 9.17) is 49.5 Å². The molecular formula is C51H81ClN2O13. The van der Waals surface area contributed by atoms with Crippen LogP contribution in [0.15, 0.2) is 24.3 Å². The summed E-state index contributed by atoms with van der Waals surface area (Å²) in [7, 11) is 5.17. The number of likely N-dealkylation sites (N-methyl/N-ethyl adjacent to an activating group) is 1. The maximum Gasteiger partial charge on any atom is 0.410 e. The molecule has 4 saturated heterocycles. The number of hydrogen-bond acceptors (Lipinski definition) is 14. The fourth-order valence-corrected chi connectivity index (χ4v) is 12.4. The number of aliphatic hydroxyl groups is 2. The molecule has 0 radical (unpaired) electrons. The molecule has 4 heterocycles. The largest absolute Gasteiger partial charge is 0.458 e. The Hall–Kier alpha value is -2.44. The topological polar surface area (TPSA) is 172 Å². The quantitative estimate of drug-likeness (QED) is 0.203. The lowest BCUT2D eigenvalue weighted by molar-refractivity contribution is -0.320. The van der Waals surface area contributed by atoms with E-state index in [0.717, 1.165) is 31.2 Å². The predicted octanol–water partition coefficient (Wildman–Crippen LogP) is 7.12. The van der Waals surface area contributed by atoms with Crippen LogP contribution in [0.25, 0.3) is 0 Å². The molecule has 380 valence electrons. The molecule has 1 aliphatic carbocycles. The Kier molecular flexibility index (Phi) is 17.6. The first-order valence-electron chi connectivity index (χ1n) is 24.8. The first-order chi connectivity index (χ1) is 31.5. The summed E-state index contributed by atoms with van der Waals surface area (Å²) in [5.41, 5.74) is -2.78. The Bertz CT molecular complexity index is 1840. The number of esters is 1. The minimum Gasteiger partial charge on any atom is -0.458 e. The second-order valence-corrected chi connectivity index (χ2v) is 21.6. The number of fused-ring (bicyclic) bond motifs is 1. The second-order valence-electron chi connectivity index (χ2n) is 21.2. The van der Waals surface area contributed by atoms with Crippen molar-refractivity contribution in [2.45, 2.75) is 217 Å². The normalized spacial score (nSPS) is 42.9. The number of methoxy groups -OCH3 is 2. The van der Waals surface area contributed by atoms with Crippen LogP contribution in [-0.4, -0.2) is 156 Å². The van der Waals surface area contributed by atoms with Gasteiger partial charge in [-0.15, -0.1) is 0 Å². The second kappa shape index (κ2) is 21.9. The van der Waals surface area contributed by atoms with E-state index in [2.05, 4.69) is 11.9 Å². The van der Waals surface area contributed by atoms with Gasteiger partial charge in [0, 0.05) is 62.0 Å². The Morgan fingerprint density at radius 2 is 1.52 bits per heavy atom. The van der Waals surface area contributed by atoms with Crippen molar-refractivity contribution in [3.05, 3.63) is 34.9 Å². The molecule has 1 aromatic rings. The summed E-state index contributed by atoms with van der Waals surface area (Å²) < 4.78 is 52.1. The van der Waals surface area contributed by atoms with Gasteiger partial charge in [0.05, 0.1) is 47.6 Å². The van der Waals surface area contributed by atoms with Crippen molar-refractivity contribution in [2.75, 3.05) is 27.8 Å². The Morgan fingerprint density at radius 3 is 2.13 bits per heavy atom. The summed E-state index contributed by atoms with van der Waals surface area (Å²) in [5, 5.41) is 24.0. The third-order valence-corrected chi connectivity index (χ3v) is 16.7. The summed E-state index contributed by atoms with van der Waals surface area (Å²) in [6.07, 6.45) is -2.52. The smallest absolute Gasteiger partial charge is 0.410 e. The van der Waals surface area contributed by atoms with Crippen LogP contribution >= 0.6 is 11.6 Å². The Morgan fingerprint density at radius 1 is 0.881 bits per heavy atom. The monoisotopic (exact) mass is 965 g/mol. The van der Waals surface area contributed by atoms with Crippen molar-refractivity contribution in [3.8, 4) is 0 Å². The molecule has 18 atom stereocenters. The van der Waals surface area contributed by atoms with Crippen molar-refractivity contribution in [2.24, 2.45) is 23.7 Å². The number of hydrogen-bond donors (Lipinski definition) is 2. The lowest BCUT2D eigenvalue weighted by Gasteiger charge is -2.50. The van der Waals surface area contributed by atoms with E-state index in [1.807, 2.05) is 53.7 Å². The average Bonchev–Trinajstić information content (AvgIpc) is 3.93. The molecule has 16 heteroatoms. The maximum absolute atomic E-state index is 15.1. The van der Waals surface area contributed by atoms with Crippen LogP contribution in [0.1, 0.15) is 126 Å². The predicted molar refractivity (Wildman–Crippen MR) is 251 cm³/mol. The number of amides is 1. The minimum absolute atomic E-state index is 0.132. The van der Waals surface area contributed by atoms with Gasteiger partial charge in [0.2, 0.25) is 0 Å². The zero-order chi connectivity index (χ0) is 49.3. The molecule has 1 aromatic carbocycles. The van der Waals surface area contributed by atoms with E-state index < -0.39 is 108 Å². The molecule has 5 aliphatic rings. The summed E-state index contributed by atoms with van der Waals surface area (Å²) in [6.45, 7) is 18.6. The van der Waals surface area contributed by atoms with Gasteiger partial charge in [-0.25, -0.2) is 4.79 Å². The number of ketones is 1. The number of cyclic esters (lactones) is 1. The van der Waals surface area contributed by atoms with Gasteiger partial charge < -0.3 is 48.1 Å². The van der Waals surface area contributed by atoms with Crippen molar-refractivity contribution in [3.63, 3.8) is 0 Å². The number of carbonyl (C=O) groups is 3. The van der Waals surface area contributed by atoms with E-state index in [-0.39, 0.29) is 43.7 Å². The van der Waals surface area contributed by atoms with Gasteiger partial charge >= 0.3 is 12.1 Å². The van der Waals surface area contributed by atoms with Crippen molar-refractivity contribution in [1.82, 2.24) is 9.80 Å². The molecular weight excluding hydrogens is 884 g/mol. The van der Waals surface area contributed by atoms with Gasteiger partial charge in [-0.05, 0) is 105 Å². The molecule has 2 unspecified atom stereocenters. The van der Waals surface area contributed by atoms with Crippen LogP contribution in [0.4, 0.5) is 4.79 Å². The number of benzene rings is 1. The van der Waals surface area contributed by atoms with Gasteiger partial charge in [0.1, 0.15) is 24.1 Å². The fourth-order valence-electron chi connectivity index (χ4n) is 12.2. The van der Waals surface area contributed by atoms with E-state index in [1.54, 1.807) is 51.8 Å². The summed E-state index contributed by atoms with van der Waals surface area (Å²) in [6, 6.07) is 6.65. The Labute approximate surface area is 404 Å². The number of Topliss-reactive ketones (excluding diaryl/α,β-unsaturated/α-hetero) is 1. The highest BCUT2D eigenvalue weighted by atomic mass is 35.5. The molecule has 0 aromatic heterocycles. The lowest BCUT2D eigenvalue weighted by atomic mass is 9.73. The van der Waals surface area contributed by atoms with Crippen molar-refractivity contribution < 1.29 is 62.5 Å². The summed E-state index contributed by atoms with van der Waals surface area (Å²) >= 11 is 6.19. The molecule has 67 heavy (non-hydrogen) atoms. The molecule has 4 aliphatic heterocycles. The highest BCUT2D eigenvalue weighted by molar-refractivity contribution is 6.30. The molecule has 1 amide bonds. The van der Waals surface area contributed by atoms with E-state index in [1.165, 1.54) is 7.11 Å². The van der Waals surface area contributed by atoms with Crippen LogP contribution in [0.5, 0.6) is 0 Å². The number of halogens is 1. The molecule has 5 fully saturated rings. The highest BCUT2D eigenvalue weighted by Gasteiger charge is 2.61. The number of aliphatic hydroxyl groups excluding tert-OH is 2. The molecule has 6 rings (SSSR count). The first-order valence-corrected chi connectivity index (χ1v) is 25.2. The maximum atomic E-state index is 15.1. The fraction of sp³-hybridized carbons (Fsp3) is 0.824. The molecule has 0 spiro atoms. The summed E-state index contributed by atoms with van der Waals surface area (Å²) in [4.78, 5) is 48.1. The van der Waals surface area contributed by atoms with Crippen LogP contribution in [0.2, 0.25) is 5.02 Å². The van der Waals surface area contributed by atoms with E-state index >= 15 is 4.79 Å². The third kappa shape index (κ3) is 11.2. The average molecular weight is 966 g/mol. The van der Waals surface area contributed by atoms with Gasteiger partial charge in [-0.3, -0.25) is 19.4 Å². The van der Waals surface area contributed by atoms with Crippen LogP contribution in [-0.2, 0) is 53.9 Å². The number of rotatable bonds is 12. The minimum atomic E-state index is -1.43. The van der Waals surface area contributed by atoms with Gasteiger partial charge in [0.25, 0.3) is 0 Å². The number of ether oxygens (including phenoxy) is 8. The van der Waals surface area contributed by atoms with Crippen molar-refractivity contribution in [1.29, 1.82) is 0 Å². The summed E-state index contributed by atoms with van der Waals surface area (Å²) in [5.74, 6) is -3.89. The van der Waals surface area contributed by atoms with Crippen LogP contribution in [0, 0.1) is 23.7 Å². The number of carbonyl (C=O) groups excluding carboxylic acids is 3. The van der Waals surface area contributed by atoms with Crippen molar-refractivity contribution >= 4 is 29.4 Å². The zero-order valence-corrected chi connectivity index (χ0v) is 43.0. The van der Waals surface area contributed by atoms with E-state index in [0.29, 0.717) is 23.9 Å². The highest BCUT2D eigenvalue weighted by Crippen LogP contribution is 2.45. The first kappa shape index (κ1) is 53.9. The molecule has 1 saturated carbocycles. The molecule has 15 nitrogen and oxygen atoms in total. The third-order valence-electron chi connectivity index (χ3n) is 16.4. The van der Waals surface area contributed by atoms with Gasteiger partial charge in [0.15, 0.2) is 18.2 Å². The SMILES string of the molecule is CC[C@H]1OC(=O)[C@H](C)[C@@H](OC2C[C@@](C)(OC)[C@@H](O)[C@H](C)O2)[C@H](C)[C@@H](OC2O[C@H](C)C[C@H](N(C)C3CCCC3)[C@H]2O)[C@@](C)(OC)C[C@@H](C)C(=O)[C@H](C)[C@H]2N(CCc3ccc(Cl)cc3)C(=O)O[C@]12C. The van der Waals surface area contributed by atoms with E-state index in [9.17, 15) is 19.8 Å². The Balaban J connectivity index is 1.43. The van der Waals surface area contributed by atoms with Crippen LogP contribution < -0.4 is 0 Å². The van der Waals surface area contributed by atoms with Crippen LogP contribution in [0.3, 0.4) is 0 Å². The number of nitrogens with zero attached hydrogens (tertiary/aromatic N) is 2. The zero-order valence-electron chi connectivity index (χ0n) is 42.3. The molecule has 0 bridgehead atoms. The lowest BCUT2D eigenvalue weighted by Crippen LogP contribution is -2.62. The van der Waals surface area contributed by atoms with Gasteiger partial charge in [-0.2, -0.15) is 0 Å². The standard InChI is InChI=1S/C51H81ClN2O13/c1-14-38-51(10)43(54(48(59)67-51)24-23-34-19-21-35(52)22-20-34)30(4)40(55)28(2)26-50(9,61-13)45(66-47-41(56)37(25-29(3)62-47)53(11)36-17-15-16-18-36)31(5)42(32(6)46(58)64-38)65-39-27-49(8,60-12)44(57)33(7)63-39/h19-22,28-33,36-39,41-45,47,56-57H,14-18,23-27H2,1-13H3/t28-,29-,30+,31+,32-,33+,37+,38-,39?,41-,42+,43-,44+,45-,47?,49-,50+,51-/m1/s1.